The van der Waals surface area contributed by atoms with Crippen LogP contribution in [-0.4, -0.2) is 47.8 Å². The summed E-state index contributed by atoms with van der Waals surface area (Å²) in [5, 5.41) is 0. The number of hydrazine groups is 1. The maximum atomic E-state index is 12.0. The second-order valence-electron chi connectivity index (χ2n) is 5.72. The number of rotatable bonds is 4. The van der Waals surface area contributed by atoms with Crippen molar-refractivity contribution in [2.45, 2.75) is 45.1 Å². The summed E-state index contributed by atoms with van der Waals surface area (Å²) in [6.45, 7) is 1.14. The number of amides is 3. The normalized spacial score (nSPS) is 21.8. The number of hydrogen-bond acceptors (Lipinski definition) is 5. The van der Waals surface area contributed by atoms with Gasteiger partial charge in [-0.3, -0.25) is 30.0 Å². The van der Waals surface area contributed by atoms with Gasteiger partial charge in [0.25, 0.3) is 5.91 Å². The zero-order chi connectivity index (χ0) is 16.1. The Hall–Kier alpha value is -2.12. The van der Waals surface area contributed by atoms with Crippen LogP contribution in [0.25, 0.3) is 0 Å². The van der Waals surface area contributed by atoms with Crippen LogP contribution in [0, 0.1) is 5.92 Å². The molecule has 2 aliphatic rings. The first kappa shape index (κ1) is 16.3. The average molecular weight is 311 g/mol. The third-order valence-electron chi connectivity index (χ3n) is 3.98. The van der Waals surface area contributed by atoms with Crippen molar-refractivity contribution in [2.75, 3.05) is 13.2 Å². The molecule has 8 heteroatoms. The van der Waals surface area contributed by atoms with Gasteiger partial charge in [0.1, 0.15) is 0 Å². The number of hydrogen-bond donors (Lipinski definition) is 2. The molecule has 1 aliphatic heterocycles. The Bertz CT molecular complexity index is 473. The average Bonchev–Trinajstić information content (AvgIpc) is 3.11. The van der Waals surface area contributed by atoms with Gasteiger partial charge < -0.3 is 9.64 Å². The number of carbonyl (C=O) groups excluding carboxylic acids is 4. The van der Waals surface area contributed by atoms with E-state index in [1.165, 1.54) is 6.92 Å². The lowest BCUT2D eigenvalue weighted by Gasteiger charge is -2.23. The molecule has 0 spiro atoms. The molecule has 22 heavy (non-hydrogen) atoms. The van der Waals surface area contributed by atoms with Gasteiger partial charge in [0.05, 0.1) is 5.92 Å². The maximum Gasteiger partial charge on any atom is 0.311 e. The Kier molecular flexibility index (Phi) is 5.35. The van der Waals surface area contributed by atoms with E-state index < -0.39 is 30.3 Å². The molecule has 1 aliphatic carbocycles. The summed E-state index contributed by atoms with van der Waals surface area (Å²) in [7, 11) is 0. The number of nitrogens with zero attached hydrogens (tertiary/aromatic N) is 1. The molecule has 2 rings (SSSR count). The smallest absolute Gasteiger partial charge is 0.311 e. The number of nitrogens with one attached hydrogen (secondary N) is 2. The fraction of sp³-hybridized carbons (Fsp3) is 0.714. The van der Waals surface area contributed by atoms with Crippen LogP contribution in [0.4, 0.5) is 0 Å². The fourth-order valence-corrected chi connectivity index (χ4v) is 2.91. The van der Waals surface area contributed by atoms with E-state index in [0.717, 1.165) is 25.7 Å². The summed E-state index contributed by atoms with van der Waals surface area (Å²) < 4.78 is 4.90. The van der Waals surface area contributed by atoms with Gasteiger partial charge in [0, 0.05) is 25.9 Å². The van der Waals surface area contributed by atoms with Crippen molar-refractivity contribution < 1.29 is 23.9 Å². The third kappa shape index (κ3) is 4.19. The molecule has 122 valence electrons. The molecule has 0 aromatic rings. The predicted octanol–water partition coefficient (Wildman–Crippen LogP) is -0.512. The lowest BCUT2D eigenvalue weighted by Crippen LogP contribution is -2.42. The van der Waals surface area contributed by atoms with Crippen molar-refractivity contribution in [3.8, 4) is 0 Å². The Morgan fingerprint density at radius 3 is 2.55 bits per heavy atom. The summed E-state index contributed by atoms with van der Waals surface area (Å²) in [6.07, 6.45) is 4.36. The van der Waals surface area contributed by atoms with Gasteiger partial charge in [-0.05, 0) is 12.8 Å². The zero-order valence-corrected chi connectivity index (χ0v) is 12.6. The predicted molar refractivity (Wildman–Crippen MR) is 75.0 cm³/mol. The van der Waals surface area contributed by atoms with Crippen LogP contribution in [-0.2, 0) is 23.9 Å². The topological polar surface area (TPSA) is 105 Å². The van der Waals surface area contributed by atoms with Gasteiger partial charge in [-0.1, -0.05) is 12.8 Å². The molecule has 1 saturated heterocycles. The molecule has 0 unspecified atom stereocenters. The van der Waals surface area contributed by atoms with Crippen molar-refractivity contribution in [2.24, 2.45) is 5.92 Å². The van der Waals surface area contributed by atoms with Crippen molar-refractivity contribution >= 4 is 23.7 Å². The number of ether oxygens (including phenoxy) is 1. The first-order valence-corrected chi connectivity index (χ1v) is 7.49. The van der Waals surface area contributed by atoms with Crippen molar-refractivity contribution in [1.29, 1.82) is 0 Å². The molecule has 0 radical (unpaired) electrons. The van der Waals surface area contributed by atoms with Gasteiger partial charge in [-0.25, -0.2) is 0 Å². The molecule has 1 heterocycles. The molecule has 8 nitrogen and oxygen atoms in total. The van der Waals surface area contributed by atoms with E-state index >= 15 is 0 Å². The van der Waals surface area contributed by atoms with Gasteiger partial charge >= 0.3 is 5.97 Å². The summed E-state index contributed by atoms with van der Waals surface area (Å²) in [6, 6.07) is 0.244. The van der Waals surface area contributed by atoms with Gasteiger partial charge in [0.2, 0.25) is 11.8 Å². The standard InChI is InChI=1S/C14H21N3O5/c1-9(18)15-16-12(19)8-22-14(21)10-6-13(20)17(7-10)11-4-2-3-5-11/h10-11H,2-8H2,1H3,(H,15,18)(H,16,19)/t10-/m0/s1. The minimum atomic E-state index is -0.625. The molecular weight excluding hydrogens is 290 g/mol. The minimum absolute atomic E-state index is 0.0171. The molecular formula is C14H21N3O5. The molecule has 1 saturated carbocycles. The van der Waals surface area contributed by atoms with E-state index in [2.05, 4.69) is 10.9 Å². The monoisotopic (exact) mass is 311 g/mol. The van der Waals surface area contributed by atoms with Crippen molar-refractivity contribution in [3.05, 3.63) is 0 Å². The van der Waals surface area contributed by atoms with Crippen LogP contribution in [0.15, 0.2) is 0 Å². The largest absolute Gasteiger partial charge is 0.455 e. The third-order valence-corrected chi connectivity index (χ3v) is 3.98. The lowest BCUT2D eigenvalue weighted by molar-refractivity contribution is -0.152. The van der Waals surface area contributed by atoms with Gasteiger partial charge in [-0.15, -0.1) is 0 Å². The SMILES string of the molecule is CC(=O)NNC(=O)COC(=O)[C@H]1CC(=O)N(C2CCCC2)C1. The van der Waals surface area contributed by atoms with E-state index in [1.54, 1.807) is 4.90 Å². The van der Waals surface area contributed by atoms with E-state index in [4.69, 9.17) is 4.74 Å². The van der Waals surface area contributed by atoms with Crippen LogP contribution in [0.1, 0.15) is 39.0 Å². The highest BCUT2D eigenvalue weighted by molar-refractivity contribution is 5.88. The molecule has 2 fully saturated rings. The minimum Gasteiger partial charge on any atom is -0.455 e. The Morgan fingerprint density at radius 1 is 1.23 bits per heavy atom. The number of esters is 1. The second kappa shape index (κ2) is 7.24. The van der Waals surface area contributed by atoms with Crippen LogP contribution in [0.2, 0.25) is 0 Å². The summed E-state index contributed by atoms with van der Waals surface area (Å²) in [5.41, 5.74) is 4.19. The lowest BCUT2D eigenvalue weighted by atomic mass is 10.1. The maximum absolute atomic E-state index is 12.0. The van der Waals surface area contributed by atoms with Crippen LogP contribution >= 0.6 is 0 Å². The Morgan fingerprint density at radius 2 is 1.91 bits per heavy atom. The molecule has 3 amide bonds. The van der Waals surface area contributed by atoms with E-state index in [1.807, 2.05) is 0 Å². The van der Waals surface area contributed by atoms with Crippen LogP contribution in [0.5, 0.6) is 0 Å². The van der Waals surface area contributed by atoms with Crippen molar-refractivity contribution in [1.82, 2.24) is 15.8 Å². The van der Waals surface area contributed by atoms with E-state index in [-0.39, 0.29) is 18.4 Å². The summed E-state index contributed by atoms with van der Waals surface area (Å²) in [4.78, 5) is 47.6. The highest BCUT2D eigenvalue weighted by atomic mass is 16.5. The van der Waals surface area contributed by atoms with E-state index in [9.17, 15) is 19.2 Å². The molecule has 0 aromatic carbocycles. The van der Waals surface area contributed by atoms with Gasteiger partial charge in [-0.2, -0.15) is 0 Å². The first-order chi connectivity index (χ1) is 10.5. The molecule has 2 N–H and O–H groups in total. The van der Waals surface area contributed by atoms with Crippen molar-refractivity contribution in [3.63, 3.8) is 0 Å². The molecule has 0 aromatic heterocycles. The quantitative estimate of drug-likeness (QED) is 0.537. The van der Waals surface area contributed by atoms with E-state index in [0.29, 0.717) is 6.54 Å². The molecule has 0 bridgehead atoms. The first-order valence-electron chi connectivity index (χ1n) is 7.49. The Labute approximate surface area is 128 Å². The fourth-order valence-electron chi connectivity index (χ4n) is 2.91. The summed E-state index contributed by atoms with van der Waals surface area (Å²) >= 11 is 0. The van der Waals surface area contributed by atoms with Crippen LogP contribution in [0.3, 0.4) is 0 Å². The second-order valence-corrected chi connectivity index (χ2v) is 5.72. The highest BCUT2D eigenvalue weighted by Crippen LogP contribution is 2.29. The molecule has 1 atom stereocenters. The highest BCUT2D eigenvalue weighted by Gasteiger charge is 2.39. The number of carbonyl (C=O) groups is 4. The number of likely N-dealkylation sites (tertiary alicyclic amines) is 1. The van der Waals surface area contributed by atoms with Crippen LogP contribution < -0.4 is 10.9 Å². The Balaban J connectivity index is 1.75. The zero-order valence-electron chi connectivity index (χ0n) is 12.6. The summed E-state index contributed by atoms with van der Waals surface area (Å²) in [5.74, 6) is -2.13. The van der Waals surface area contributed by atoms with Gasteiger partial charge in [0.15, 0.2) is 6.61 Å².